The molecule has 2 heterocycles. The van der Waals surface area contributed by atoms with Gasteiger partial charge in [0.25, 0.3) is 0 Å². The number of anilines is 1. The molecule has 1 saturated carbocycles. The van der Waals surface area contributed by atoms with Gasteiger partial charge in [0.2, 0.25) is 11.8 Å². The van der Waals surface area contributed by atoms with Gasteiger partial charge in [-0.2, -0.15) is 0 Å². The fraction of sp³-hybridized carbons (Fsp3) is 0.552. The fourth-order valence-corrected chi connectivity index (χ4v) is 5.25. The summed E-state index contributed by atoms with van der Waals surface area (Å²) in [5.74, 6) is -0.296. The Balaban J connectivity index is 1.73. The summed E-state index contributed by atoms with van der Waals surface area (Å²) in [5, 5.41) is 6.57. The highest BCUT2D eigenvalue weighted by atomic mass is 16.5. The summed E-state index contributed by atoms with van der Waals surface area (Å²) in [4.78, 5) is 34.0. The first-order valence-electron chi connectivity index (χ1n) is 13.2. The van der Waals surface area contributed by atoms with E-state index in [1.54, 1.807) is 24.4 Å². The number of rotatable bonds is 7. The lowest BCUT2D eigenvalue weighted by Gasteiger charge is -2.35. The SMILES string of the molecule is CO[C@@H]1CN[C@@H](C(=O)N(c2ccc(C(C)(C)C)cc2)C(C(=O)NC2CCCCC2)c2cccnc2)C1. The molecule has 0 radical (unpaired) electrons. The van der Waals surface area contributed by atoms with Crippen LogP contribution in [0.15, 0.2) is 48.8 Å². The first kappa shape index (κ1) is 26.3. The predicted octanol–water partition coefficient (Wildman–Crippen LogP) is 4.28. The van der Waals surface area contributed by atoms with E-state index in [9.17, 15) is 9.59 Å². The van der Waals surface area contributed by atoms with E-state index >= 15 is 0 Å². The number of carbonyl (C=O) groups excluding carboxylic acids is 2. The summed E-state index contributed by atoms with van der Waals surface area (Å²) in [6, 6.07) is 10.6. The van der Waals surface area contributed by atoms with E-state index in [0.29, 0.717) is 24.2 Å². The summed E-state index contributed by atoms with van der Waals surface area (Å²) < 4.78 is 5.50. The van der Waals surface area contributed by atoms with Crippen LogP contribution >= 0.6 is 0 Å². The standard InChI is InChI=1S/C29H40N4O3/c1-29(2,3)21-12-14-23(15-13-21)33(28(35)25-17-24(36-4)19-31-25)26(20-9-8-16-30-18-20)27(34)32-22-10-6-5-7-11-22/h8-9,12-16,18,22,24-26,31H,5-7,10-11,17,19H2,1-4H3,(H,32,34)/t24-,25+,26?/m0/s1. The Morgan fingerprint density at radius 2 is 1.83 bits per heavy atom. The van der Waals surface area contributed by atoms with Gasteiger partial charge >= 0.3 is 0 Å². The van der Waals surface area contributed by atoms with Crippen molar-refractivity contribution >= 4 is 17.5 Å². The number of hydrogen-bond acceptors (Lipinski definition) is 5. The summed E-state index contributed by atoms with van der Waals surface area (Å²) in [6.07, 6.45) is 9.29. The molecular formula is C29H40N4O3. The van der Waals surface area contributed by atoms with Crippen molar-refractivity contribution in [2.24, 2.45) is 0 Å². The number of nitrogens with zero attached hydrogens (tertiary/aromatic N) is 2. The van der Waals surface area contributed by atoms with Crippen LogP contribution in [0, 0.1) is 0 Å². The average molecular weight is 493 g/mol. The first-order chi connectivity index (χ1) is 17.3. The van der Waals surface area contributed by atoms with Crippen molar-refractivity contribution in [1.29, 1.82) is 0 Å². The van der Waals surface area contributed by atoms with Crippen molar-refractivity contribution in [2.45, 2.75) is 88.9 Å². The number of ether oxygens (including phenoxy) is 1. The number of carbonyl (C=O) groups is 2. The Bertz CT molecular complexity index is 1010. The van der Waals surface area contributed by atoms with E-state index in [0.717, 1.165) is 25.7 Å². The first-order valence-corrected chi connectivity index (χ1v) is 13.2. The lowest BCUT2D eigenvalue weighted by molar-refractivity contribution is -0.128. The van der Waals surface area contributed by atoms with Gasteiger partial charge in [0.05, 0.1) is 12.1 Å². The van der Waals surface area contributed by atoms with Gasteiger partial charge in [-0.05, 0) is 48.4 Å². The lowest BCUT2D eigenvalue weighted by Crippen LogP contribution is -2.51. The molecule has 7 heteroatoms. The second kappa shape index (κ2) is 11.5. The molecule has 1 aliphatic heterocycles. The van der Waals surface area contributed by atoms with Crippen molar-refractivity contribution in [3.05, 3.63) is 59.9 Å². The van der Waals surface area contributed by atoms with Gasteiger partial charge < -0.3 is 15.4 Å². The van der Waals surface area contributed by atoms with Crippen LogP contribution in [0.1, 0.15) is 76.5 Å². The fourth-order valence-electron chi connectivity index (χ4n) is 5.25. The molecule has 2 aliphatic rings. The van der Waals surface area contributed by atoms with Crippen LogP contribution in [0.4, 0.5) is 5.69 Å². The number of hydrogen-bond donors (Lipinski definition) is 2. The molecular weight excluding hydrogens is 452 g/mol. The predicted molar refractivity (Wildman–Crippen MR) is 142 cm³/mol. The third-order valence-electron chi connectivity index (χ3n) is 7.43. The summed E-state index contributed by atoms with van der Waals surface area (Å²) in [5.41, 5.74) is 2.54. The third kappa shape index (κ3) is 6.13. The van der Waals surface area contributed by atoms with Crippen molar-refractivity contribution in [2.75, 3.05) is 18.6 Å². The highest BCUT2D eigenvalue weighted by Crippen LogP contribution is 2.32. The van der Waals surface area contributed by atoms with E-state index < -0.39 is 12.1 Å². The van der Waals surface area contributed by atoms with E-state index in [4.69, 9.17) is 4.74 Å². The van der Waals surface area contributed by atoms with E-state index in [1.165, 1.54) is 12.0 Å². The highest BCUT2D eigenvalue weighted by molar-refractivity contribution is 6.04. The highest BCUT2D eigenvalue weighted by Gasteiger charge is 2.40. The van der Waals surface area contributed by atoms with Crippen molar-refractivity contribution in [3.8, 4) is 0 Å². The third-order valence-corrected chi connectivity index (χ3v) is 7.43. The van der Waals surface area contributed by atoms with Crippen LogP contribution in [0.5, 0.6) is 0 Å². The maximum atomic E-state index is 14.1. The van der Waals surface area contributed by atoms with E-state index in [1.807, 2.05) is 24.3 Å². The zero-order valence-corrected chi connectivity index (χ0v) is 22.0. The van der Waals surface area contributed by atoms with Crippen molar-refractivity contribution < 1.29 is 14.3 Å². The Labute approximate surface area is 215 Å². The van der Waals surface area contributed by atoms with E-state index in [2.05, 4.69) is 48.5 Å². The Morgan fingerprint density at radius 1 is 1.11 bits per heavy atom. The van der Waals surface area contributed by atoms with Gasteiger partial charge in [0.15, 0.2) is 0 Å². The second-order valence-electron chi connectivity index (χ2n) is 11.1. The molecule has 2 aromatic rings. The number of aromatic nitrogens is 1. The zero-order valence-electron chi connectivity index (χ0n) is 22.0. The van der Waals surface area contributed by atoms with Crippen LogP contribution in [-0.2, 0) is 19.7 Å². The Hall–Kier alpha value is -2.77. The lowest BCUT2D eigenvalue weighted by atomic mass is 9.87. The quantitative estimate of drug-likeness (QED) is 0.603. The molecule has 0 spiro atoms. The normalized spacial score (nSPS) is 21.7. The Morgan fingerprint density at radius 3 is 2.42 bits per heavy atom. The van der Waals surface area contributed by atoms with Crippen LogP contribution in [0.3, 0.4) is 0 Å². The summed E-state index contributed by atoms with van der Waals surface area (Å²) in [6.45, 7) is 7.09. The largest absolute Gasteiger partial charge is 0.380 e. The topological polar surface area (TPSA) is 83.6 Å². The average Bonchev–Trinajstić information content (AvgIpc) is 3.37. The molecule has 2 amide bonds. The molecule has 2 fully saturated rings. The number of amides is 2. The molecule has 1 aromatic heterocycles. The number of methoxy groups -OCH3 is 1. The molecule has 1 aliphatic carbocycles. The molecule has 3 atom stereocenters. The molecule has 7 nitrogen and oxygen atoms in total. The van der Waals surface area contributed by atoms with Crippen LogP contribution in [0.25, 0.3) is 0 Å². The summed E-state index contributed by atoms with van der Waals surface area (Å²) in [7, 11) is 1.66. The maximum absolute atomic E-state index is 14.1. The number of pyridine rings is 1. The molecule has 1 unspecified atom stereocenters. The minimum Gasteiger partial charge on any atom is -0.380 e. The van der Waals surface area contributed by atoms with Gasteiger partial charge in [0, 0.05) is 43.3 Å². The van der Waals surface area contributed by atoms with Crippen LogP contribution in [0.2, 0.25) is 0 Å². The van der Waals surface area contributed by atoms with Gasteiger partial charge in [0.1, 0.15) is 6.04 Å². The minimum absolute atomic E-state index is 0.0207. The molecule has 1 saturated heterocycles. The molecule has 4 rings (SSSR count). The molecule has 194 valence electrons. The molecule has 0 bridgehead atoms. The minimum atomic E-state index is -0.822. The van der Waals surface area contributed by atoms with Gasteiger partial charge in [-0.1, -0.05) is 58.2 Å². The zero-order chi connectivity index (χ0) is 25.7. The van der Waals surface area contributed by atoms with Gasteiger partial charge in [-0.3, -0.25) is 19.5 Å². The van der Waals surface area contributed by atoms with E-state index in [-0.39, 0.29) is 29.4 Å². The molecule has 1 aromatic carbocycles. The molecule has 36 heavy (non-hydrogen) atoms. The van der Waals surface area contributed by atoms with Crippen LogP contribution in [-0.4, -0.2) is 48.6 Å². The van der Waals surface area contributed by atoms with Gasteiger partial charge in [-0.25, -0.2) is 0 Å². The Kier molecular flexibility index (Phi) is 8.42. The monoisotopic (exact) mass is 492 g/mol. The molecule has 2 N–H and O–H groups in total. The number of nitrogens with one attached hydrogen (secondary N) is 2. The van der Waals surface area contributed by atoms with Crippen molar-refractivity contribution in [3.63, 3.8) is 0 Å². The smallest absolute Gasteiger partial charge is 0.248 e. The maximum Gasteiger partial charge on any atom is 0.248 e. The second-order valence-corrected chi connectivity index (χ2v) is 11.1. The van der Waals surface area contributed by atoms with Crippen LogP contribution < -0.4 is 15.5 Å². The van der Waals surface area contributed by atoms with Crippen molar-refractivity contribution in [1.82, 2.24) is 15.6 Å². The number of benzene rings is 1. The van der Waals surface area contributed by atoms with Gasteiger partial charge in [-0.15, -0.1) is 0 Å². The summed E-state index contributed by atoms with van der Waals surface area (Å²) >= 11 is 0.